The number of anilines is 1. The van der Waals surface area contributed by atoms with Crippen molar-refractivity contribution in [3.63, 3.8) is 0 Å². The molecular formula is C19H25NO3S. The van der Waals surface area contributed by atoms with Crippen LogP contribution in [-0.2, 0) is 10.0 Å². The van der Waals surface area contributed by atoms with E-state index in [2.05, 4.69) is 11.6 Å². The molecule has 0 spiro atoms. The summed E-state index contributed by atoms with van der Waals surface area (Å²) < 4.78 is 34.0. The summed E-state index contributed by atoms with van der Waals surface area (Å²) in [5.74, 6) is 0.409. The summed E-state index contributed by atoms with van der Waals surface area (Å²) in [7, 11) is -3.70. The highest BCUT2D eigenvalue weighted by atomic mass is 32.2. The number of hydrogen-bond donors (Lipinski definition) is 1. The van der Waals surface area contributed by atoms with Gasteiger partial charge in [-0.3, -0.25) is 4.72 Å². The molecule has 0 saturated carbocycles. The summed E-state index contributed by atoms with van der Waals surface area (Å²) in [6.07, 6.45) is 3.07. The second kappa shape index (κ2) is 8.20. The van der Waals surface area contributed by atoms with E-state index in [1.165, 1.54) is 0 Å². The molecule has 2 rings (SSSR count). The van der Waals surface area contributed by atoms with Gasteiger partial charge >= 0.3 is 0 Å². The lowest BCUT2D eigenvalue weighted by atomic mass is 10.2. The van der Waals surface area contributed by atoms with E-state index in [1.807, 2.05) is 32.0 Å². The Morgan fingerprint density at radius 1 is 1.04 bits per heavy atom. The molecule has 24 heavy (non-hydrogen) atoms. The Hall–Kier alpha value is -2.01. The van der Waals surface area contributed by atoms with Crippen molar-refractivity contribution >= 4 is 15.7 Å². The Balaban J connectivity index is 2.27. The van der Waals surface area contributed by atoms with Gasteiger partial charge in [0, 0.05) is 0 Å². The zero-order valence-electron chi connectivity index (χ0n) is 14.5. The van der Waals surface area contributed by atoms with Crippen LogP contribution in [0.3, 0.4) is 0 Å². The van der Waals surface area contributed by atoms with Crippen LogP contribution < -0.4 is 9.46 Å². The molecule has 1 N–H and O–H groups in total. The van der Waals surface area contributed by atoms with Gasteiger partial charge in [0.15, 0.2) is 0 Å². The van der Waals surface area contributed by atoms with Crippen LogP contribution in [0.25, 0.3) is 0 Å². The van der Waals surface area contributed by atoms with Crippen LogP contribution in [0.4, 0.5) is 5.69 Å². The van der Waals surface area contributed by atoms with E-state index >= 15 is 0 Å². The molecule has 2 aromatic carbocycles. The molecule has 2 aromatic rings. The molecule has 0 amide bonds. The Kier molecular flexibility index (Phi) is 6.26. The number of aryl methyl sites for hydroxylation is 2. The third-order valence-corrected chi connectivity index (χ3v) is 5.19. The lowest BCUT2D eigenvalue weighted by Crippen LogP contribution is -2.15. The highest BCUT2D eigenvalue weighted by Crippen LogP contribution is 2.28. The van der Waals surface area contributed by atoms with Gasteiger partial charge in [0.2, 0.25) is 0 Å². The smallest absolute Gasteiger partial charge is 0.265 e. The summed E-state index contributed by atoms with van der Waals surface area (Å²) in [6.45, 7) is 6.43. The summed E-state index contributed by atoms with van der Waals surface area (Å²) in [5.41, 5.74) is 2.42. The van der Waals surface area contributed by atoms with Crippen LogP contribution in [0.2, 0.25) is 0 Å². The minimum Gasteiger partial charge on any atom is -0.492 e. The van der Waals surface area contributed by atoms with Gasteiger partial charge in [-0.25, -0.2) is 8.42 Å². The SMILES string of the molecule is CCCCCOc1cc(C)ccc1S(=O)(=O)Nc1ccccc1C. The average molecular weight is 347 g/mol. The van der Waals surface area contributed by atoms with Gasteiger partial charge in [-0.1, -0.05) is 44.0 Å². The predicted molar refractivity (Wildman–Crippen MR) is 98.2 cm³/mol. The zero-order valence-corrected chi connectivity index (χ0v) is 15.3. The minimum absolute atomic E-state index is 0.174. The van der Waals surface area contributed by atoms with Gasteiger partial charge in [0.25, 0.3) is 10.0 Å². The molecule has 0 aliphatic carbocycles. The Morgan fingerprint density at radius 2 is 1.79 bits per heavy atom. The summed E-state index contributed by atoms with van der Waals surface area (Å²) in [4.78, 5) is 0.174. The number of unbranched alkanes of at least 4 members (excludes halogenated alkanes) is 2. The fourth-order valence-corrected chi connectivity index (χ4v) is 3.63. The quantitative estimate of drug-likeness (QED) is 0.706. The first-order valence-corrected chi connectivity index (χ1v) is 9.74. The largest absolute Gasteiger partial charge is 0.492 e. The fourth-order valence-electron chi connectivity index (χ4n) is 2.37. The normalized spacial score (nSPS) is 11.3. The van der Waals surface area contributed by atoms with Crippen LogP contribution >= 0.6 is 0 Å². The van der Waals surface area contributed by atoms with E-state index < -0.39 is 10.0 Å². The molecule has 0 atom stereocenters. The maximum Gasteiger partial charge on any atom is 0.265 e. The second-order valence-electron chi connectivity index (χ2n) is 5.93. The van der Waals surface area contributed by atoms with Gasteiger partial charge < -0.3 is 4.74 Å². The van der Waals surface area contributed by atoms with Crippen molar-refractivity contribution in [3.05, 3.63) is 53.6 Å². The lowest BCUT2D eigenvalue weighted by molar-refractivity contribution is 0.298. The van der Waals surface area contributed by atoms with E-state index in [-0.39, 0.29) is 4.90 Å². The van der Waals surface area contributed by atoms with E-state index in [1.54, 1.807) is 24.3 Å². The first-order chi connectivity index (χ1) is 11.4. The van der Waals surface area contributed by atoms with Crippen molar-refractivity contribution in [1.82, 2.24) is 0 Å². The standard InChI is InChI=1S/C19H25NO3S/c1-4-5-8-13-23-18-14-15(2)11-12-19(18)24(21,22)20-17-10-7-6-9-16(17)3/h6-7,9-12,14,20H,4-5,8,13H2,1-3H3. The van der Waals surface area contributed by atoms with Gasteiger partial charge in [0.05, 0.1) is 12.3 Å². The third-order valence-electron chi connectivity index (χ3n) is 3.78. The maximum absolute atomic E-state index is 12.8. The van der Waals surface area contributed by atoms with Crippen LogP contribution in [0, 0.1) is 13.8 Å². The second-order valence-corrected chi connectivity index (χ2v) is 7.58. The van der Waals surface area contributed by atoms with E-state index in [0.717, 1.165) is 30.4 Å². The Bertz CT molecular complexity index is 785. The summed E-state index contributed by atoms with van der Waals surface area (Å²) in [6, 6.07) is 12.5. The Morgan fingerprint density at radius 3 is 2.50 bits per heavy atom. The molecule has 0 aliphatic heterocycles. The average Bonchev–Trinajstić information content (AvgIpc) is 2.53. The molecule has 5 heteroatoms. The molecule has 0 fully saturated rings. The number of hydrogen-bond acceptors (Lipinski definition) is 3. The molecule has 0 bridgehead atoms. The van der Waals surface area contributed by atoms with Crippen molar-refractivity contribution in [3.8, 4) is 5.75 Å². The molecule has 0 saturated heterocycles. The van der Waals surface area contributed by atoms with Crippen molar-refractivity contribution in [2.45, 2.75) is 44.9 Å². The molecule has 0 radical (unpaired) electrons. The van der Waals surface area contributed by atoms with E-state index in [9.17, 15) is 8.42 Å². The van der Waals surface area contributed by atoms with Crippen LogP contribution in [-0.4, -0.2) is 15.0 Å². The lowest BCUT2D eigenvalue weighted by Gasteiger charge is -2.15. The molecule has 4 nitrogen and oxygen atoms in total. The van der Waals surface area contributed by atoms with Crippen LogP contribution in [0.1, 0.15) is 37.3 Å². The van der Waals surface area contributed by atoms with Crippen LogP contribution in [0.5, 0.6) is 5.75 Å². The number of nitrogens with one attached hydrogen (secondary N) is 1. The number of ether oxygens (including phenoxy) is 1. The van der Waals surface area contributed by atoms with Gasteiger partial charge in [-0.15, -0.1) is 0 Å². The monoisotopic (exact) mass is 347 g/mol. The topological polar surface area (TPSA) is 55.4 Å². The molecule has 0 aliphatic rings. The van der Waals surface area contributed by atoms with Crippen molar-refractivity contribution in [1.29, 1.82) is 0 Å². The predicted octanol–water partition coefficient (Wildman–Crippen LogP) is 4.67. The molecule has 0 heterocycles. The first kappa shape index (κ1) is 18.3. The van der Waals surface area contributed by atoms with Gasteiger partial charge in [-0.05, 0) is 49.6 Å². The van der Waals surface area contributed by atoms with Gasteiger partial charge in [-0.2, -0.15) is 0 Å². The highest BCUT2D eigenvalue weighted by Gasteiger charge is 2.20. The number of rotatable bonds is 8. The molecule has 0 aromatic heterocycles. The number of para-hydroxylation sites is 1. The third kappa shape index (κ3) is 4.74. The summed E-state index contributed by atoms with van der Waals surface area (Å²) >= 11 is 0. The number of benzene rings is 2. The fraction of sp³-hybridized carbons (Fsp3) is 0.368. The maximum atomic E-state index is 12.8. The minimum atomic E-state index is -3.70. The number of sulfonamides is 1. The zero-order chi connectivity index (χ0) is 17.6. The highest BCUT2D eigenvalue weighted by molar-refractivity contribution is 7.92. The summed E-state index contributed by atoms with van der Waals surface area (Å²) in [5, 5.41) is 0. The molecular weight excluding hydrogens is 322 g/mol. The molecule has 130 valence electrons. The first-order valence-electron chi connectivity index (χ1n) is 8.26. The van der Waals surface area contributed by atoms with E-state index in [4.69, 9.17) is 4.74 Å². The van der Waals surface area contributed by atoms with E-state index in [0.29, 0.717) is 18.0 Å². The van der Waals surface area contributed by atoms with Crippen LogP contribution in [0.15, 0.2) is 47.4 Å². The van der Waals surface area contributed by atoms with Crippen molar-refractivity contribution in [2.24, 2.45) is 0 Å². The molecule has 0 unspecified atom stereocenters. The van der Waals surface area contributed by atoms with Crippen molar-refractivity contribution < 1.29 is 13.2 Å². The Labute approximate surface area is 144 Å². The van der Waals surface area contributed by atoms with Crippen molar-refractivity contribution in [2.75, 3.05) is 11.3 Å². The van der Waals surface area contributed by atoms with Gasteiger partial charge in [0.1, 0.15) is 10.6 Å².